The molecule has 30 heavy (non-hydrogen) atoms. The van der Waals surface area contributed by atoms with Crippen molar-refractivity contribution in [2.24, 2.45) is 5.92 Å². The van der Waals surface area contributed by atoms with E-state index >= 15 is 0 Å². The van der Waals surface area contributed by atoms with Crippen LogP contribution < -0.4 is 10.1 Å². The Hall–Kier alpha value is -2.45. The molecule has 8 heteroatoms. The lowest BCUT2D eigenvalue weighted by Gasteiger charge is -2.30. The summed E-state index contributed by atoms with van der Waals surface area (Å²) >= 11 is 0. The summed E-state index contributed by atoms with van der Waals surface area (Å²) < 4.78 is 46.4. The molecule has 1 saturated heterocycles. The van der Waals surface area contributed by atoms with E-state index in [-0.39, 0.29) is 48.3 Å². The minimum Gasteiger partial charge on any atom is -0.491 e. The highest BCUT2D eigenvalue weighted by Crippen LogP contribution is 2.25. The Bertz CT molecular complexity index is 969. The number of carbonyl (C=O) groups is 1. The number of hydrogen-bond donors (Lipinski definition) is 1. The van der Waals surface area contributed by atoms with E-state index in [2.05, 4.69) is 5.32 Å². The van der Waals surface area contributed by atoms with Crippen LogP contribution in [0.2, 0.25) is 0 Å². The van der Waals surface area contributed by atoms with Gasteiger partial charge >= 0.3 is 0 Å². The minimum atomic E-state index is -3.62. The molecule has 162 valence electrons. The van der Waals surface area contributed by atoms with Gasteiger partial charge in [0.15, 0.2) is 0 Å². The Morgan fingerprint density at radius 1 is 1.13 bits per heavy atom. The molecule has 0 aliphatic carbocycles. The van der Waals surface area contributed by atoms with Crippen LogP contribution in [0.1, 0.15) is 32.3 Å². The van der Waals surface area contributed by atoms with Gasteiger partial charge in [-0.25, -0.2) is 12.8 Å². The van der Waals surface area contributed by atoms with Crippen LogP contribution in [0.3, 0.4) is 0 Å². The van der Waals surface area contributed by atoms with Crippen molar-refractivity contribution in [3.63, 3.8) is 0 Å². The third-order valence-corrected chi connectivity index (χ3v) is 6.98. The molecule has 0 saturated carbocycles. The highest BCUT2D eigenvalue weighted by atomic mass is 32.2. The summed E-state index contributed by atoms with van der Waals surface area (Å²) in [7, 11) is -3.62. The number of nitrogens with one attached hydrogen (secondary N) is 1. The quantitative estimate of drug-likeness (QED) is 0.725. The summed E-state index contributed by atoms with van der Waals surface area (Å²) in [5.41, 5.74) is 0.427. The number of benzene rings is 2. The van der Waals surface area contributed by atoms with Gasteiger partial charge in [0.05, 0.1) is 11.0 Å². The predicted octanol–water partition coefficient (Wildman–Crippen LogP) is 3.33. The molecule has 1 fully saturated rings. The Kier molecular flexibility index (Phi) is 7.10. The molecule has 0 radical (unpaired) electrons. The van der Waals surface area contributed by atoms with E-state index in [1.807, 2.05) is 13.8 Å². The summed E-state index contributed by atoms with van der Waals surface area (Å²) in [6, 6.07) is 12.7. The van der Waals surface area contributed by atoms with Gasteiger partial charge in [-0.3, -0.25) is 4.79 Å². The lowest BCUT2D eigenvalue weighted by atomic mass is 9.97. The monoisotopic (exact) mass is 434 g/mol. The largest absolute Gasteiger partial charge is 0.491 e. The van der Waals surface area contributed by atoms with E-state index in [9.17, 15) is 17.6 Å². The SMILES string of the molecule is CC(C)Oc1ccc(S(=O)(=O)N2CCC(C(=O)NCc3ccccc3F)CC2)cc1. The van der Waals surface area contributed by atoms with Gasteiger partial charge in [0.25, 0.3) is 0 Å². The number of nitrogens with zero attached hydrogens (tertiary/aromatic N) is 1. The van der Waals surface area contributed by atoms with Crippen molar-refractivity contribution in [3.05, 3.63) is 59.9 Å². The fourth-order valence-corrected chi connectivity index (χ4v) is 4.91. The van der Waals surface area contributed by atoms with Gasteiger partial charge in [0, 0.05) is 31.1 Å². The van der Waals surface area contributed by atoms with Crippen LogP contribution in [0, 0.1) is 11.7 Å². The van der Waals surface area contributed by atoms with E-state index in [0.717, 1.165) is 0 Å². The third kappa shape index (κ3) is 5.37. The fourth-order valence-electron chi connectivity index (χ4n) is 3.44. The highest BCUT2D eigenvalue weighted by molar-refractivity contribution is 7.89. The summed E-state index contributed by atoms with van der Waals surface area (Å²) in [5, 5.41) is 2.76. The first-order valence-corrected chi connectivity index (χ1v) is 11.5. The van der Waals surface area contributed by atoms with Gasteiger partial charge < -0.3 is 10.1 Å². The van der Waals surface area contributed by atoms with Gasteiger partial charge in [-0.05, 0) is 57.0 Å². The maximum Gasteiger partial charge on any atom is 0.243 e. The second kappa shape index (κ2) is 9.57. The van der Waals surface area contributed by atoms with Crippen LogP contribution in [0.4, 0.5) is 4.39 Å². The second-order valence-electron chi connectivity index (χ2n) is 7.63. The minimum absolute atomic E-state index is 0.0102. The molecule has 1 N–H and O–H groups in total. The Morgan fingerprint density at radius 3 is 2.37 bits per heavy atom. The van der Waals surface area contributed by atoms with Crippen molar-refractivity contribution in [2.45, 2.75) is 44.2 Å². The van der Waals surface area contributed by atoms with Crippen LogP contribution in [0.25, 0.3) is 0 Å². The molecule has 1 aliphatic rings. The lowest BCUT2D eigenvalue weighted by Crippen LogP contribution is -2.42. The normalized spacial score (nSPS) is 15.9. The van der Waals surface area contributed by atoms with Crippen molar-refractivity contribution in [2.75, 3.05) is 13.1 Å². The molecule has 2 aromatic rings. The second-order valence-corrected chi connectivity index (χ2v) is 9.56. The van der Waals surface area contributed by atoms with E-state index in [1.165, 1.54) is 10.4 Å². The average Bonchev–Trinajstić information content (AvgIpc) is 2.73. The van der Waals surface area contributed by atoms with Crippen molar-refractivity contribution < 1.29 is 22.3 Å². The topological polar surface area (TPSA) is 75.7 Å². The molecule has 6 nitrogen and oxygen atoms in total. The molecule has 0 unspecified atom stereocenters. The number of halogens is 1. The number of hydrogen-bond acceptors (Lipinski definition) is 4. The number of rotatable bonds is 7. The number of amides is 1. The van der Waals surface area contributed by atoms with Crippen molar-refractivity contribution in [1.29, 1.82) is 0 Å². The Morgan fingerprint density at radius 2 is 1.77 bits per heavy atom. The highest BCUT2D eigenvalue weighted by Gasteiger charge is 2.32. The molecular weight excluding hydrogens is 407 g/mol. The first kappa shape index (κ1) is 22.2. The van der Waals surface area contributed by atoms with Crippen LogP contribution in [0.5, 0.6) is 5.75 Å². The van der Waals surface area contributed by atoms with Gasteiger partial charge in [-0.1, -0.05) is 18.2 Å². The zero-order valence-electron chi connectivity index (χ0n) is 17.2. The summed E-state index contributed by atoms with van der Waals surface area (Å²) in [6.07, 6.45) is 0.865. The molecule has 3 rings (SSSR count). The maximum absolute atomic E-state index is 13.7. The molecule has 1 aliphatic heterocycles. The third-order valence-electron chi connectivity index (χ3n) is 5.07. The van der Waals surface area contributed by atoms with E-state index in [0.29, 0.717) is 24.2 Å². The predicted molar refractivity (Wildman–Crippen MR) is 112 cm³/mol. The zero-order valence-corrected chi connectivity index (χ0v) is 18.0. The van der Waals surface area contributed by atoms with Gasteiger partial charge in [0.2, 0.25) is 15.9 Å². The molecule has 0 aromatic heterocycles. The summed E-state index contributed by atoms with van der Waals surface area (Å²) in [4.78, 5) is 12.6. The van der Waals surface area contributed by atoms with Crippen molar-refractivity contribution in [1.82, 2.24) is 9.62 Å². The van der Waals surface area contributed by atoms with E-state index in [1.54, 1.807) is 42.5 Å². The summed E-state index contributed by atoms with van der Waals surface area (Å²) in [6.45, 7) is 4.46. The van der Waals surface area contributed by atoms with Gasteiger partial charge in [-0.2, -0.15) is 4.31 Å². The van der Waals surface area contributed by atoms with Crippen molar-refractivity contribution in [3.8, 4) is 5.75 Å². The van der Waals surface area contributed by atoms with E-state index in [4.69, 9.17) is 4.74 Å². The number of sulfonamides is 1. The average molecular weight is 435 g/mol. The molecule has 0 atom stereocenters. The molecule has 0 bridgehead atoms. The fraction of sp³-hybridized carbons (Fsp3) is 0.409. The zero-order chi connectivity index (χ0) is 21.7. The van der Waals surface area contributed by atoms with Crippen LogP contribution >= 0.6 is 0 Å². The smallest absolute Gasteiger partial charge is 0.243 e. The van der Waals surface area contributed by atoms with Gasteiger partial charge in [0.1, 0.15) is 11.6 Å². The van der Waals surface area contributed by atoms with Gasteiger partial charge in [-0.15, -0.1) is 0 Å². The van der Waals surface area contributed by atoms with Crippen molar-refractivity contribution >= 4 is 15.9 Å². The number of piperidine rings is 1. The first-order chi connectivity index (χ1) is 14.3. The maximum atomic E-state index is 13.7. The molecule has 0 spiro atoms. The Balaban J connectivity index is 1.55. The van der Waals surface area contributed by atoms with Crippen LogP contribution in [0.15, 0.2) is 53.4 Å². The van der Waals surface area contributed by atoms with Crippen LogP contribution in [-0.4, -0.2) is 37.8 Å². The molecule has 1 heterocycles. The lowest BCUT2D eigenvalue weighted by molar-refractivity contribution is -0.126. The molecular formula is C22H27FN2O4S. The molecule has 2 aromatic carbocycles. The summed E-state index contributed by atoms with van der Waals surface area (Å²) in [5.74, 6) is -0.201. The number of ether oxygens (including phenoxy) is 1. The standard InChI is InChI=1S/C22H27FN2O4S/c1-16(2)29-19-7-9-20(10-8-19)30(27,28)25-13-11-17(12-14-25)22(26)24-15-18-5-3-4-6-21(18)23/h3-10,16-17H,11-15H2,1-2H3,(H,24,26). The Labute approximate surface area is 177 Å². The molecule has 1 amide bonds. The van der Waals surface area contributed by atoms with Crippen LogP contribution in [-0.2, 0) is 21.4 Å². The first-order valence-electron chi connectivity index (χ1n) is 10.1. The van der Waals surface area contributed by atoms with E-state index < -0.39 is 10.0 Å². The number of carbonyl (C=O) groups excluding carboxylic acids is 1.